The molecule has 0 unspecified atom stereocenters. The molecular formula is C7H10N2O3. The Morgan fingerprint density at radius 2 is 2.17 bits per heavy atom. The van der Waals surface area contributed by atoms with Crippen molar-refractivity contribution in [1.82, 2.24) is 4.90 Å². The van der Waals surface area contributed by atoms with Crippen molar-refractivity contribution in [2.75, 3.05) is 13.1 Å². The summed E-state index contributed by atoms with van der Waals surface area (Å²) in [5.41, 5.74) is 0. The number of carboxylic acid groups (broad SMARTS) is 1. The highest BCUT2D eigenvalue weighted by atomic mass is 16.4. The molecule has 0 saturated carbocycles. The Morgan fingerprint density at radius 3 is 2.50 bits per heavy atom. The Bertz CT molecular complexity index is 219. The van der Waals surface area contributed by atoms with Crippen molar-refractivity contribution in [3.05, 3.63) is 0 Å². The average Bonchev–Trinajstić information content (AvgIpc) is 1.96. The van der Waals surface area contributed by atoms with E-state index in [-0.39, 0.29) is 25.4 Å². The Morgan fingerprint density at radius 1 is 1.58 bits per heavy atom. The van der Waals surface area contributed by atoms with Gasteiger partial charge in [0.25, 0.3) is 0 Å². The maximum atomic E-state index is 10.7. The van der Waals surface area contributed by atoms with Gasteiger partial charge in [-0.15, -0.1) is 0 Å². The van der Waals surface area contributed by atoms with Crippen molar-refractivity contribution < 1.29 is 14.7 Å². The third kappa shape index (κ3) is 4.28. The summed E-state index contributed by atoms with van der Waals surface area (Å²) >= 11 is 0. The summed E-state index contributed by atoms with van der Waals surface area (Å²) < 4.78 is 0. The first-order valence-electron chi connectivity index (χ1n) is 3.42. The van der Waals surface area contributed by atoms with Crippen LogP contribution in [0.15, 0.2) is 0 Å². The molecule has 0 spiro atoms. The van der Waals surface area contributed by atoms with Crippen molar-refractivity contribution in [2.45, 2.75) is 13.3 Å². The van der Waals surface area contributed by atoms with Gasteiger partial charge in [-0.25, -0.2) is 0 Å². The van der Waals surface area contributed by atoms with E-state index in [0.29, 0.717) is 0 Å². The molecule has 0 aromatic heterocycles. The number of nitriles is 1. The van der Waals surface area contributed by atoms with Crippen LogP contribution in [0.25, 0.3) is 0 Å². The number of carbonyl (C=O) groups is 2. The standard InChI is InChI=1S/C7H10N2O3/c1-6(10)9(5-3-8)4-2-7(11)12/h2,4-5H2,1H3,(H,11,12). The molecule has 0 heterocycles. The molecule has 0 aliphatic rings. The molecule has 0 aromatic rings. The molecule has 1 amide bonds. The van der Waals surface area contributed by atoms with Crippen molar-refractivity contribution >= 4 is 11.9 Å². The lowest BCUT2D eigenvalue weighted by atomic mass is 10.3. The number of hydrogen-bond donors (Lipinski definition) is 1. The second kappa shape index (κ2) is 5.13. The molecule has 0 fully saturated rings. The van der Waals surface area contributed by atoms with Crippen LogP contribution in [0.5, 0.6) is 0 Å². The highest BCUT2D eigenvalue weighted by Crippen LogP contribution is 1.91. The van der Waals surface area contributed by atoms with Crippen molar-refractivity contribution in [3.8, 4) is 6.07 Å². The van der Waals surface area contributed by atoms with Gasteiger partial charge < -0.3 is 10.0 Å². The van der Waals surface area contributed by atoms with Crippen LogP contribution in [0.4, 0.5) is 0 Å². The summed E-state index contributed by atoms with van der Waals surface area (Å²) in [6.07, 6.45) is -0.124. The topological polar surface area (TPSA) is 81.4 Å². The van der Waals surface area contributed by atoms with E-state index >= 15 is 0 Å². The third-order valence-electron chi connectivity index (χ3n) is 1.30. The predicted octanol–water partition coefficient (Wildman–Crippen LogP) is -0.167. The quantitative estimate of drug-likeness (QED) is 0.594. The van der Waals surface area contributed by atoms with Crippen LogP contribution in [-0.2, 0) is 9.59 Å². The van der Waals surface area contributed by atoms with Gasteiger partial charge in [-0.2, -0.15) is 5.26 Å². The van der Waals surface area contributed by atoms with Gasteiger partial charge in [0.1, 0.15) is 6.54 Å². The highest BCUT2D eigenvalue weighted by molar-refractivity contribution is 5.74. The molecule has 1 N–H and O–H groups in total. The Labute approximate surface area is 70.2 Å². The second-order valence-electron chi connectivity index (χ2n) is 2.24. The lowest BCUT2D eigenvalue weighted by Crippen LogP contribution is -2.31. The van der Waals surface area contributed by atoms with Crippen LogP contribution in [0.2, 0.25) is 0 Å². The van der Waals surface area contributed by atoms with Crippen LogP contribution >= 0.6 is 0 Å². The summed E-state index contributed by atoms with van der Waals surface area (Å²) in [4.78, 5) is 22.0. The molecule has 0 aliphatic carbocycles. The molecule has 5 heteroatoms. The number of aliphatic carboxylic acids is 1. The van der Waals surface area contributed by atoms with Gasteiger partial charge in [-0.05, 0) is 0 Å². The van der Waals surface area contributed by atoms with Gasteiger partial charge in [-0.1, -0.05) is 0 Å². The first-order chi connectivity index (χ1) is 5.57. The molecule has 5 nitrogen and oxygen atoms in total. The fraction of sp³-hybridized carbons (Fsp3) is 0.571. The number of carboxylic acids is 1. The third-order valence-corrected chi connectivity index (χ3v) is 1.30. The molecule has 0 atom stereocenters. The lowest BCUT2D eigenvalue weighted by molar-refractivity contribution is -0.138. The fourth-order valence-corrected chi connectivity index (χ4v) is 0.664. The Balaban J connectivity index is 3.89. The van der Waals surface area contributed by atoms with Gasteiger partial charge in [0, 0.05) is 13.5 Å². The van der Waals surface area contributed by atoms with Crippen LogP contribution in [-0.4, -0.2) is 35.0 Å². The van der Waals surface area contributed by atoms with E-state index < -0.39 is 5.97 Å². The van der Waals surface area contributed by atoms with E-state index in [2.05, 4.69) is 0 Å². The number of amides is 1. The number of hydrogen-bond acceptors (Lipinski definition) is 3. The van der Waals surface area contributed by atoms with Gasteiger partial charge in [0.2, 0.25) is 5.91 Å². The number of carbonyl (C=O) groups excluding carboxylic acids is 1. The highest BCUT2D eigenvalue weighted by Gasteiger charge is 2.08. The predicted molar refractivity (Wildman–Crippen MR) is 40.1 cm³/mol. The zero-order chi connectivity index (χ0) is 9.56. The Hall–Kier alpha value is -1.57. The van der Waals surface area contributed by atoms with Crippen molar-refractivity contribution in [1.29, 1.82) is 5.26 Å². The monoisotopic (exact) mass is 170 g/mol. The van der Waals surface area contributed by atoms with Gasteiger partial charge in [-0.3, -0.25) is 9.59 Å². The van der Waals surface area contributed by atoms with E-state index in [9.17, 15) is 9.59 Å². The summed E-state index contributed by atoms with van der Waals surface area (Å²) in [5.74, 6) is -1.25. The molecule has 0 aliphatic heterocycles. The minimum absolute atomic E-state index is 0.0530. The maximum Gasteiger partial charge on any atom is 0.305 e. The zero-order valence-corrected chi connectivity index (χ0v) is 6.78. The van der Waals surface area contributed by atoms with Gasteiger partial charge in [0.15, 0.2) is 0 Å². The summed E-state index contributed by atoms with van der Waals surface area (Å²) in [5, 5.41) is 16.6. The Kier molecular flexibility index (Phi) is 4.46. The van der Waals surface area contributed by atoms with Crippen LogP contribution in [0, 0.1) is 11.3 Å². The van der Waals surface area contributed by atoms with E-state index in [1.165, 1.54) is 11.8 Å². The van der Waals surface area contributed by atoms with Crippen molar-refractivity contribution in [2.24, 2.45) is 0 Å². The molecule has 12 heavy (non-hydrogen) atoms. The molecule has 66 valence electrons. The average molecular weight is 170 g/mol. The van der Waals surface area contributed by atoms with Crippen LogP contribution in [0.1, 0.15) is 13.3 Å². The van der Waals surface area contributed by atoms with Crippen LogP contribution in [0.3, 0.4) is 0 Å². The SMILES string of the molecule is CC(=O)N(CC#N)CCC(=O)O. The first kappa shape index (κ1) is 10.4. The van der Waals surface area contributed by atoms with Gasteiger partial charge in [0.05, 0.1) is 12.5 Å². The zero-order valence-electron chi connectivity index (χ0n) is 6.78. The smallest absolute Gasteiger partial charge is 0.305 e. The largest absolute Gasteiger partial charge is 0.481 e. The maximum absolute atomic E-state index is 10.7. The summed E-state index contributed by atoms with van der Waals surface area (Å²) in [7, 11) is 0. The second-order valence-corrected chi connectivity index (χ2v) is 2.24. The lowest BCUT2D eigenvalue weighted by Gasteiger charge is -2.15. The van der Waals surface area contributed by atoms with Crippen molar-refractivity contribution in [3.63, 3.8) is 0 Å². The van der Waals surface area contributed by atoms with E-state index in [4.69, 9.17) is 10.4 Å². The molecule has 0 aromatic carbocycles. The first-order valence-corrected chi connectivity index (χ1v) is 3.42. The normalized spacial score (nSPS) is 8.67. The van der Waals surface area contributed by atoms with Gasteiger partial charge >= 0.3 is 5.97 Å². The molecule has 0 bridgehead atoms. The minimum Gasteiger partial charge on any atom is -0.481 e. The number of rotatable bonds is 4. The summed E-state index contributed by atoms with van der Waals surface area (Å²) in [6.45, 7) is 1.35. The number of nitrogens with zero attached hydrogens (tertiary/aromatic N) is 2. The van der Waals surface area contributed by atoms with E-state index in [1.54, 1.807) is 6.07 Å². The molecule has 0 rings (SSSR count). The minimum atomic E-state index is -0.973. The fourth-order valence-electron chi connectivity index (χ4n) is 0.664. The van der Waals surface area contributed by atoms with E-state index in [0.717, 1.165) is 0 Å². The summed E-state index contributed by atoms with van der Waals surface area (Å²) in [6, 6.07) is 1.79. The molecular weight excluding hydrogens is 160 g/mol. The molecule has 0 radical (unpaired) electrons. The van der Waals surface area contributed by atoms with E-state index in [1.807, 2.05) is 0 Å². The molecule has 0 saturated heterocycles. The van der Waals surface area contributed by atoms with Crippen LogP contribution < -0.4 is 0 Å².